The van der Waals surface area contributed by atoms with Crippen LogP contribution in [0.15, 0.2) is 67.0 Å². The van der Waals surface area contributed by atoms with Crippen LogP contribution in [0.5, 0.6) is 17.2 Å². The van der Waals surface area contributed by atoms with E-state index in [0.717, 1.165) is 52.4 Å². The molecule has 0 saturated heterocycles. The molecule has 154 valence electrons. The molecule has 2 aromatic carbocycles. The van der Waals surface area contributed by atoms with Crippen LogP contribution in [0.2, 0.25) is 0 Å². The zero-order valence-corrected chi connectivity index (χ0v) is 17.5. The van der Waals surface area contributed by atoms with Gasteiger partial charge in [-0.15, -0.1) is 0 Å². The lowest BCUT2D eigenvalue weighted by Gasteiger charge is -2.18. The quantitative estimate of drug-likeness (QED) is 0.486. The van der Waals surface area contributed by atoms with Crippen LogP contribution in [0.4, 0.5) is 0 Å². The number of ether oxygens (including phenoxy) is 3. The molecular weight excluding hydrogens is 374 g/mol. The SMILES string of the molecule is COc1ccc(C(=Cc2ccncc2)c2ccc(OC)c(OC3CCCC3)c2)cc1. The Labute approximate surface area is 178 Å². The van der Waals surface area contributed by atoms with Gasteiger partial charge in [0.05, 0.1) is 20.3 Å². The second-order valence-electron chi connectivity index (χ2n) is 7.46. The van der Waals surface area contributed by atoms with Gasteiger partial charge in [-0.1, -0.05) is 18.2 Å². The van der Waals surface area contributed by atoms with E-state index in [2.05, 4.69) is 35.3 Å². The first-order valence-electron chi connectivity index (χ1n) is 10.4. The Balaban J connectivity index is 1.76. The Bertz CT molecular complexity index is 991. The van der Waals surface area contributed by atoms with Gasteiger partial charge in [0.25, 0.3) is 0 Å². The number of hydrogen-bond acceptors (Lipinski definition) is 4. The summed E-state index contributed by atoms with van der Waals surface area (Å²) >= 11 is 0. The Morgan fingerprint density at radius 2 is 1.53 bits per heavy atom. The van der Waals surface area contributed by atoms with E-state index in [4.69, 9.17) is 14.2 Å². The van der Waals surface area contributed by atoms with Gasteiger partial charge in [-0.3, -0.25) is 4.98 Å². The number of methoxy groups -OCH3 is 2. The second kappa shape index (κ2) is 9.49. The molecule has 1 aromatic heterocycles. The van der Waals surface area contributed by atoms with Gasteiger partial charge >= 0.3 is 0 Å². The predicted octanol–water partition coefficient (Wildman–Crippen LogP) is 6.01. The maximum absolute atomic E-state index is 6.33. The van der Waals surface area contributed by atoms with E-state index in [9.17, 15) is 0 Å². The van der Waals surface area contributed by atoms with Crippen LogP contribution in [-0.2, 0) is 0 Å². The molecule has 4 rings (SSSR count). The summed E-state index contributed by atoms with van der Waals surface area (Å²) in [5.74, 6) is 2.40. The Morgan fingerprint density at radius 1 is 0.833 bits per heavy atom. The second-order valence-corrected chi connectivity index (χ2v) is 7.46. The summed E-state index contributed by atoms with van der Waals surface area (Å²) in [6.45, 7) is 0. The number of benzene rings is 2. The number of pyridine rings is 1. The van der Waals surface area contributed by atoms with Crippen molar-refractivity contribution in [3.63, 3.8) is 0 Å². The molecule has 4 nitrogen and oxygen atoms in total. The lowest BCUT2D eigenvalue weighted by atomic mass is 9.95. The molecule has 1 aliphatic rings. The summed E-state index contributed by atoms with van der Waals surface area (Å²) in [6, 6.07) is 18.3. The van der Waals surface area contributed by atoms with Crippen LogP contribution in [0.3, 0.4) is 0 Å². The van der Waals surface area contributed by atoms with Crippen molar-refractivity contribution >= 4 is 11.6 Å². The van der Waals surface area contributed by atoms with Crippen molar-refractivity contribution in [2.75, 3.05) is 14.2 Å². The van der Waals surface area contributed by atoms with Gasteiger partial charge in [-0.2, -0.15) is 0 Å². The van der Waals surface area contributed by atoms with Crippen molar-refractivity contribution in [3.05, 3.63) is 83.7 Å². The highest BCUT2D eigenvalue weighted by molar-refractivity contribution is 5.92. The van der Waals surface area contributed by atoms with E-state index in [0.29, 0.717) is 0 Å². The zero-order chi connectivity index (χ0) is 20.8. The van der Waals surface area contributed by atoms with Gasteiger partial charge in [-0.05, 0) is 90.4 Å². The summed E-state index contributed by atoms with van der Waals surface area (Å²) in [5, 5.41) is 0. The molecule has 0 N–H and O–H groups in total. The van der Waals surface area contributed by atoms with Crippen LogP contribution < -0.4 is 14.2 Å². The molecule has 0 spiro atoms. The molecule has 0 amide bonds. The number of nitrogens with zero attached hydrogens (tertiary/aromatic N) is 1. The maximum atomic E-state index is 6.33. The lowest BCUT2D eigenvalue weighted by molar-refractivity contribution is 0.201. The molecule has 1 heterocycles. The molecule has 3 aromatic rings. The highest BCUT2D eigenvalue weighted by Crippen LogP contribution is 2.36. The minimum atomic E-state index is 0.266. The molecule has 0 unspecified atom stereocenters. The van der Waals surface area contributed by atoms with E-state index >= 15 is 0 Å². The highest BCUT2D eigenvalue weighted by atomic mass is 16.5. The first-order chi connectivity index (χ1) is 14.8. The van der Waals surface area contributed by atoms with E-state index < -0.39 is 0 Å². The summed E-state index contributed by atoms with van der Waals surface area (Å²) in [4.78, 5) is 4.13. The van der Waals surface area contributed by atoms with Crippen LogP contribution in [-0.4, -0.2) is 25.3 Å². The fraction of sp³-hybridized carbons (Fsp3) is 0.269. The van der Waals surface area contributed by atoms with Gasteiger partial charge in [0.15, 0.2) is 11.5 Å². The summed E-state index contributed by atoms with van der Waals surface area (Å²) in [6.07, 6.45) is 10.7. The molecule has 1 saturated carbocycles. The number of hydrogen-bond donors (Lipinski definition) is 0. The van der Waals surface area contributed by atoms with Crippen molar-refractivity contribution in [2.24, 2.45) is 0 Å². The lowest BCUT2D eigenvalue weighted by Crippen LogP contribution is -2.11. The average molecular weight is 402 g/mol. The first-order valence-corrected chi connectivity index (χ1v) is 10.4. The summed E-state index contributed by atoms with van der Waals surface area (Å²) in [7, 11) is 3.37. The van der Waals surface area contributed by atoms with E-state index in [1.54, 1.807) is 26.6 Å². The predicted molar refractivity (Wildman–Crippen MR) is 120 cm³/mol. The molecule has 0 atom stereocenters. The van der Waals surface area contributed by atoms with Crippen molar-refractivity contribution in [1.29, 1.82) is 0 Å². The molecule has 0 bridgehead atoms. The molecule has 1 aliphatic carbocycles. The summed E-state index contributed by atoms with van der Waals surface area (Å²) < 4.78 is 17.2. The molecule has 4 heteroatoms. The normalized spacial score (nSPS) is 14.5. The standard InChI is InChI=1S/C26H27NO3/c1-28-22-10-7-20(8-11-22)24(17-19-13-15-27-16-14-19)21-9-12-25(29-2)26(18-21)30-23-5-3-4-6-23/h7-18,23H,3-6H2,1-2H3. The molecule has 0 aliphatic heterocycles. The number of rotatable bonds is 7. The van der Waals surface area contributed by atoms with Gasteiger partial charge in [0, 0.05) is 12.4 Å². The van der Waals surface area contributed by atoms with E-state index in [-0.39, 0.29) is 6.10 Å². The van der Waals surface area contributed by atoms with Gasteiger partial charge in [0.2, 0.25) is 0 Å². The molecule has 0 radical (unpaired) electrons. The highest BCUT2D eigenvalue weighted by Gasteiger charge is 2.19. The Morgan fingerprint density at radius 3 is 2.20 bits per heavy atom. The minimum Gasteiger partial charge on any atom is -0.497 e. The summed E-state index contributed by atoms with van der Waals surface area (Å²) in [5.41, 5.74) is 4.36. The van der Waals surface area contributed by atoms with Gasteiger partial charge in [0.1, 0.15) is 5.75 Å². The average Bonchev–Trinajstić information content (AvgIpc) is 3.31. The fourth-order valence-corrected chi connectivity index (χ4v) is 3.85. The van der Waals surface area contributed by atoms with Crippen molar-refractivity contribution < 1.29 is 14.2 Å². The third-order valence-corrected chi connectivity index (χ3v) is 5.49. The Kier molecular flexibility index (Phi) is 6.33. The Hall–Kier alpha value is -3.27. The van der Waals surface area contributed by atoms with Crippen molar-refractivity contribution in [2.45, 2.75) is 31.8 Å². The molecular formula is C26H27NO3. The first kappa shape index (κ1) is 20.0. The van der Waals surface area contributed by atoms with Crippen molar-refractivity contribution in [3.8, 4) is 17.2 Å². The van der Waals surface area contributed by atoms with Crippen molar-refractivity contribution in [1.82, 2.24) is 4.98 Å². The van der Waals surface area contributed by atoms with Crippen LogP contribution in [0, 0.1) is 0 Å². The van der Waals surface area contributed by atoms with Gasteiger partial charge in [-0.25, -0.2) is 0 Å². The largest absolute Gasteiger partial charge is 0.497 e. The minimum absolute atomic E-state index is 0.266. The zero-order valence-electron chi connectivity index (χ0n) is 17.5. The van der Waals surface area contributed by atoms with Crippen LogP contribution in [0.1, 0.15) is 42.4 Å². The maximum Gasteiger partial charge on any atom is 0.162 e. The molecule has 30 heavy (non-hydrogen) atoms. The van der Waals surface area contributed by atoms with E-state index in [1.807, 2.05) is 30.3 Å². The number of aromatic nitrogens is 1. The molecule has 1 fully saturated rings. The smallest absolute Gasteiger partial charge is 0.162 e. The van der Waals surface area contributed by atoms with E-state index in [1.165, 1.54) is 12.8 Å². The topological polar surface area (TPSA) is 40.6 Å². The van der Waals surface area contributed by atoms with Crippen LogP contribution in [0.25, 0.3) is 11.6 Å². The van der Waals surface area contributed by atoms with Crippen LogP contribution >= 0.6 is 0 Å². The third-order valence-electron chi connectivity index (χ3n) is 5.49. The van der Waals surface area contributed by atoms with Gasteiger partial charge < -0.3 is 14.2 Å². The fourth-order valence-electron chi connectivity index (χ4n) is 3.85. The third kappa shape index (κ3) is 4.65. The monoisotopic (exact) mass is 401 g/mol.